The molecular weight excluding hydrogens is 378 g/mol. The zero-order chi connectivity index (χ0) is 20.2. The van der Waals surface area contributed by atoms with Crippen LogP contribution in [-0.2, 0) is 4.43 Å². The summed E-state index contributed by atoms with van der Waals surface area (Å²) in [6.07, 6.45) is 1.99. The topological polar surface area (TPSA) is 21.3 Å². The van der Waals surface area contributed by atoms with Crippen molar-refractivity contribution in [2.75, 3.05) is 6.61 Å². The summed E-state index contributed by atoms with van der Waals surface area (Å²) in [5, 5.41) is 0.939. The van der Waals surface area contributed by atoms with E-state index in [9.17, 15) is 0 Å². The molecule has 0 aliphatic rings. The minimum absolute atomic E-state index is 0.0995. The molecule has 0 bridgehead atoms. The third-order valence-corrected chi connectivity index (χ3v) is 10.6. The van der Waals surface area contributed by atoms with Crippen LogP contribution < -0.4 is 4.72 Å². The van der Waals surface area contributed by atoms with E-state index in [2.05, 4.69) is 72.0 Å². The van der Waals surface area contributed by atoms with Crippen molar-refractivity contribution >= 4 is 31.9 Å². The van der Waals surface area contributed by atoms with Crippen LogP contribution in [0.5, 0.6) is 0 Å². The SMILES string of the molecule is C=CC(NSC(C)(C)C)C(CO[Si](C)(C)C(C)(C)C)c1cccc(Cl)c1. The lowest BCUT2D eigenvalue weighted by molar-refractivity contribution is 0.252. The highest BCUT2D eigenvalue weighted by atomic mass is 35.5. The van der Waals surface area contributed by atoms with E-state index in [1.54, 1.807) is 11.9 Å². The average Bonchev–Trinajstić information content (AvgIpc) is 2.48. The van der Waals surface area contributed by atoms with Gasteiger partial charge in [0.15, 0.2) is 8.32 Å². The van der Waals surface area contributed by atoms with E-state index in [1.807, 2.05) is 24.3 Å². The van der Waals surface area contributed by atoms with Crippen LogP contribution in [0.2, 0.25) is 23.2 Å². The third-order valence-electron chi connectivity index (χ3n) is 4.90. The summed E-state index contributed by atoms with van der Waals surface area (Å²) in [5.74, 6) is 0.162. The van der Waals surface area contributed by atoms with E-state index >= 15 is 0 Å². The van der Waals surface area contributed by atoms with Crippen LogP contribution in [0.25, 0.3) is 0 Å². The lowest BCUT2D eigenvalue weighted by atomic mass is 9.93. The van der Waals surface area contributed by atoms with Crippen LogP contribution in [0.1, 0.15) is 53.0 Å². The van der Waals surface area contributed by atoms with Crippen LogP contribution in [0.15, 0.2) is 36.9 Å². The van der Waals surface area contributed by atoms with Gasteiger partial charge in [-0.25, -0.2) is 0 Å². The van der Waals surface area contributed by atoms with E-state index in [-0.39, 0.29) is 21.7 Å². The first-order valence-electron chi connectivity index (χ1n) is 9.22. The Bertz CT molecular complexity index is 592. The smallest absolute Gasteiger partial charge is 0.192 e. The molecule has 0 amide bonds. The van der Waals surface area contributed by atoms with Crippen molar-refractivity contribution in [1.82, 2.24) is 4.72 Å². The Balaban J connectivity index is 3.07. The molecule has 0 saturated heterocycles. The van der Waals surface area contributed by atoms with Crippen molar-refractivity contribution in [1.29, 1.82) is 0 Å². The first kappa shape index (κ1) is 23.8. The van der Waals surface area contributed by atoms with Gasteiger partial charge in [-0.3, -0.25) is 4.72 Å². The normalized spacial score (nSPS) is 15.6. The van der Waals surface area contributed by atoms with Gasteiger partial charge in [0.05, 0.1) is 0 Å². The minimum Gasteiger partial charge on any atom is -0.416 e. The molecule has 0 fully saturated rings. The predicted molar refractivity (Wildman–Crippen MR) is 122 cm³/mol. The van der Waals surface area contributed by atoms with Crippen LogP contribution in [0.3, 0.4) is 0 Å². The summed E-state index contributed by atoms with van der Waals surface area (Å²) in [6.45, 7) is 22.7. The number of halogens is 1. The fourth-order valence-electron chi connectivity index (χ4n) is 2.20. The third kappa shape index (κ3) is 7.39. The lowest BCUT2D eigenvalue weighted by Crippen LogP contribution is -2.43. The molecule has 148 valence electrons. The van der Waals surface area contributed by atoms with E-state index in [0.29, 0.717) is 6.61 Å². The second-order valence-electron chi connectivity index (χ2n) is 9.33. The van der Waals surface area contributed by atoms with Crippen molar-refractivity contribution in [2.24, 2.45) is 0 Å². The summed E-state index contributed by atoms with van der Waals surface area (Å²) in [6, 6.07) is 8.19. The van der Waals surface area contributed by atoms with Gasteiger partial charge in [-0.2, -0.15) is 0 Å². The Kier molecular flexibility index (Phi) is 8.49. The largest absolute Gasteiger partial charge is 0.416 e. The molecule has 0 saturated carbocycles. The molecular formula is C21H36ClNOSSi. The van der Waals surface area contributed by atoms with Crippen LogP contribution in [0.4, 0.5) is 0 Å². The molecule has 0 heterocycles. The van der Waals surface area contributed by atoms with Gasteiger partial charge in [0, 0.05) is 28.3 Å². The molecule has 0 radical (unpaired) electrons. The Morgan fingerprint density at radius 1 is 1.23 bits per heavy atom. The number of rotatable bonds is 8. The fourth-order valence-corrected chi connectivity index (χ4v) is 4.18. The highest BCUT2D eigenvalue weighted by Crippen LogP contribution is 2.38. The summed E-state index contributed by atoms with van der Waals surface area (Å²) in [4.78, 5) is 0. The number of hydrogen-bond donors (Lipinski definition) is 1. The Hall–Kier alpha value is -0.263. The van der Waals surface area contributed by atoms with Gasteiger partial charge in [0.2, 0.25) is 0 Å². The lowest BCUT2D eigenvalue weighted by Gasteiger charge is -2.38. The molecule has 0 aliphatic carbocycles. The van der Waals surface area contributed by atoms with Gasteiger partial charge in [0.25, 0.3) is 0 Å². The minimum atomic E-state index is -1.83. The molecule has 1 rings (SSSR count). The Morgan fingerprint density at radius 2 is 1.85 bits per heavy atom. The molecule has 0 aliphatic heterocycles. The second kappa shape index (κ2) is 9.29. The van der Waals surface area contributed by atoms with Gasteiger partial charge in [-0.05, 0) is 56.6 Å². The summed E-state index contributed by atoms with van der Waals surface area (Å²) < 4.78 is 10.3. The molecule has 2 nitrogen and oxygen atoms in total. The van der Waals surface area contributed by atoms with Crippen LogP contribution in [-0.4, -0.2) is 25.7 Å². The first-order chi connectivity index (χ1) is 11.8. The van der Waals surface area contributed by atoms with Gasteiger partial charge in [-0.1, -0.05) is 62.5 Å². The van der Waals surface area contributed by atoms with Crippen LogP contribution >= 0.6 is 23.5 Å². The average molecular weight is 414 g/mol. The number of hydrogen-bond acceptors (Lipinski definition) is 3. The fraction of sp³-hybridized carbons (Fsp3) is 0.619. The molecule has 26 heavy (non-hydrogen) atoms. The van der Waals surface area contributed by atoms with Crippen molar-refractivity contribution < 1.29 is 4.43 Å². The summed E-state index contributed by atoms with van der Waals surface area (Å²) >= 11 is 8.00. The number of nitrogens with one attached hydrogen (secondary N) is 1. The molecule has 2 unspecified atom stereocenters. The summed E-state index contributed by atoms with van der Waals surface area (Å²) in [5.41, 5.74) is 1.18. The van der Waals surface area contributed by atoms with E-state index in [0.717, 1.165) is 5.02 Å². The van der Waals surface area contributed by atoms with Crippen molar-refractivity contribution in [3.05, 3.63) is 47.5 Å². The number of benzene rings is 1. The predicted octanol–water partition coefficient (Wildman–Crippen LogP) is 7.04. The molecule has 2 atom stereocenters. The first-order valence-corrected chi connectivity index (χ1v) is 13.3. The molecule has 0 spiro atoms. The highest BCUT2D eigenvalue weighted by Gasteiger charge is 2.38. The van der Waals surface area contributed by atoms with Gasteiger partial charge in [0.1, 0.15) is 0 Å². The quantitative estimate of drug-likeness (QED) is 0.280. The monoisotopic (exact) mass is 413 g/mol. The maximum absolute atomic E-state index is 6.56. The maximum atomic E-state index is 6.56. The van der Waals surface area contributed by atoms with E-state index in [4.69, 9.17) is 16.0 Å². The molecule has 1 aromatic rings. The standard InChI is InChI=1S/C21H36ClNOSSi/c1-10-19(23-25-20(2,3)4)18(16-12-11-13-17(22)14-16)15-24-26(8,9)21(5,6)7/h10-14,18-19,23H,1,15H2,2-9H3. The molecule has 1 N–H and O–H groups in total. The van der Waals surface area contributed by atoms with E-state index < -0.39 is 8.32 Å². The highest BCUT2D eigenvalue weighted by molar-refractivity contribution is 7.98. The Labute approximate surface area is 171 Å². The molecule has 5 heteroatoms. The molecule has 0 aromatic heterocycles. The van der Waals surface area contributed by atoms with Crippen molar-refractivity contribution in [3.63, 3.8) is 0 Å². The summed E-state index contributed by atoms with van der Waals surface area (Å²) in [7, 11) is -1.83. The Morgan fingerprint density at radius 3 is 2.31 bits per heavy atom. The zero-order valence-electron chi connectivity index (χ0n) is 17.7. The maximum Gasteiger partial charge on any atom is 0.192 e. The van der Waals surface area contributed by atoms with E-state index in [1.165, 1.54) is 5.56 Å². The zero-order valence-corrected chi connectivity index (χ0v) is 20.2. The molecule has 1 aromatic carbocycles. The van der Waals surface area contributed by atoms with Gasteiger partial charge in [-0.15, -0.1) is 6.58 Å². The second-order valence-corrected chi connectivity index (χ2v) is 16.2. The van der Waals surface area contributed by atoms with Crippen molar-refractivity contribution in [2.45, 2.75) is 76.4 Å². The van der Waals surface area contributed by atoms with Gasteiger partial charge < -0.3 is 4.43 Å². The van der Waals surface area contributed by atoms with Crippen molar-refractivity contribution in [3.8, 4) is 0 Å². The van der Waals surface area contributed by atoms with Gasteiger partial charge >= 0.3 is 0 Å². The van der Waals surface area contributed by atoms with Crippen LogP contribution in [0, 0.1) is 0 Å².